The highest BCUT2D eigenvalue weighted by molar-refractivity contribution is 8.00. The number of ether oxygens (including phenoxy) is 1. The number of hydrogen-bond donors (Lipinski definition) is 1. The highest BCUT2D eigenvalue weighted by Gasteiger charge is 2.38. The van der Waals surface area contributed by atoms with E-state index < -0.39 is 5.97 Å². The Bertz CT molecular complexity index is 922. The SMILES string of the molecule is O=C([O-])c1ccc2c(c1)[C@H]1C=CC[C@H]1[C@@H](c1cccc(OC3CSC3)c1)N2. The second-order valence-corrected chi connectivity index (χ2v) is 8.49. The highest BCUT2D eigenvalue weighted by Crippen LogP contribution is 2.50. The van der Waals surface area contributed by atoms with Gasteiger partial charge in [-0.1, -0.05) is 30.4 Å². The lowest BCUT2D eigenvalue weighted by Crippen LogP contribution is -2.31. The number of aromatic carboxylic acids is 1. The van der Waals surface area contributed by atoms with Gasteiger partial charge in [-0.25, -0.2) is 0 Å². The van der Waals surface area contributed by atoms with Crippen LogP contribution in [0.25, 0.3) is 0 Å². The van der Waals surface area contributed by atoms with E-state index in [2.05, 4.69) is 35.7 Å². The number of allylic oxidation sites excluding steroid dienone is 2. The molecule has 1 N–H and O–H groups in total. The van der Waals surface area contributed by atoms with Crippen LogP contribution in [0.4, 0.5) is 5.69 Å². The molecule has 2 heterocycles. The molecule has 1 aliphatic carbocycles. The first kappa shape index (κ1) is 16.8. The van der Waals surface area contributed by atoms with E-state index in [1.807, 2.05) is 23.9 Å². The quantitative estimate of drug-likeness (QED) is 0.827. The van der Waals surface area contributed by atoms with Gasteiger partial charge in [-0.3, -0.25) is 0 Å². The molecule has 0 amide bonds. The summed E-state index contributed by atoms with van der Waals surface area (Å²) in [5, 5.41) is 14.9. The molecule has 5 heteroatoms. The fraction of sp³-hybridized carbons (Fsp3) is 0.318. The Morgan fingerprint density at radius 1 is 1.19 bits per heavy atom. The minimum Gasteiger partial charge on any atom is -0.545 e. The molecule has 138 valence electrons. The number of carboxylic acids is 1. The van der Waals surface area contributed by atoms with E-state index in [4.69, 9.17) is 4.74 Å². The van der Waals surface area contributed by atoms with Crippen LogP contribution < -0.4 is 15.2 Å². The number of rotatable bonds is 4. The summed E-state index contributed by atoms with van der Waals surface area (Å²) in [7, 11) is 0. The predicted molar refractivity (Wildman–Crippen MR) is 105 cm³/mol. The van der Waals surface area contributed by atoms with Crippen LogP contribution in [0.15, 0.2) is 54.6 Å². The third kappa shape index (κ3) is 3.00. The van der Waals surface area contributed by atoms with Crippen molar-refractivity contribution in [2.45, 2.75) is 24.5 Å². The summed E-state index contributed by atoms with van der Waals surface area (Å²) >= 11 is 1.91. The van der Waals surface area contributed by atoms with Gasteiger partial charge in [-0.15, -0.1) is 0 Å². The average molecular weight is 378 g/mol. The van der Waals surface area contributed by atoms with E-state index in [-0.39, 0.29) is 17.5 Å². The van der Waals surface area contributed by atoms with Crippen LogP contribution in [0, 0.1) is 5.92 Å². The lowest BCUT2D eigenvalue weighted by molar-refractivity contribution is -0.255. The van der Waals surface area contributed by atoms with Gasteiger partial charge in [-0.2, -0.15) is 11.8 Å². The molecule has 0 unspecified atom stereocenters. The zero-order chi connectivity index (χ0) is 18.4. The van der Waals surface area contributed by atoms with E-state index in [9.17, 15) is 9.90 Å². The number of fused-ring (bicyclic) bond motifs is 3. The van der Waals surface area contributed by atoms with Gasteiger partial charge in [-0.05, 0) is 53.3 Å². The third-order valence-corrected chi connectivity index (χ3v) is 6.94. The first-order chi connectivity index (χ1) is 13.2. The molecule has 0 bridgehead atoms. The fourth-order valence-electron chi connectivity index (χ4n) is 4.31. The Kier molecular flexibility index (Phi) is 4.12. The molecule has 27 heavy (non-hydrogen) atoms. The molecule has 1 saturated heterocycles. The molecule has 0 saturated carbocycles. The van der Waals surface area contributed by atoms with Gasteiger partial charge in [0.2, 0.25) is 0 Å². The summed E-state index contributed by atoms with van der Waals surface area (Å²) in [6.45, 7) is 0. The predicted octanol–water partition coefficient (Wildman–Crippen LogP) is 3.37. The Hall–Kier alpha value is -2.40. The number of carbonyl (C=O) groups is 1. The van der Waals surface area contributed by atoms with Crippen molar-refractivity contribution in [1.29, 1.82) is 0 Å². The van der Waals surface area contributed by atoms with E-state index in [1.165, 1.54) is 5.56 Å². The molecule has 3 aliphatic rings. The second-order valence-electron chi connectivity index (χ2n) is 7.41. The van der Waals surface area contributed by atoms with Gasteiger partial charge in [0.25, 0.3) is 0 Å². The van der Waals surface area contributed by atoms with Crippen LogP contribution in [0.5, 0.6) is 5.75 Å². The van der Waals surface area contributed by atoms with Crippen LogP contribution in [0.2, 0.25) is 0 Å². The van der Waals surface area contributed by atoms with E-state index in [0.29, 0.717) is 12.0 Å². The monoisotopic (exact) mass is 378 g/mol. The zero-order valence-electron chi connectivity index (χ0n) is 14.8. The molecular formula is C22H20NO3S-. The summed E-state index contributed by atoms with van der Waals surface area (Å²) in [5.74, 6) is 2.52. The van der Waals surface area contributed by atoms with Crippen LogP contribution >= 0.6 is 11.8 Å². The Balaban J connectivity index is 1.47. The molecule has 1 fully saturated rings. The van der Waals surface area contributed by atoms with Crippen LogP contribution in [-0.4, -0.2) is 23.6 Å². The van der Waals surface area contributed by atoms with Crippen LogP contribution in [0.3, 0.4) is 0 Å². The number of nitrogens with one attached hydrogen (secondary N) is 1. The van der Waals surface area contributed by atoms with Crippen molar-refractivity contribution >= 4 is 23.4 Å². The first-order valence-electron chi connectivity index (χ1n) is 9.32. The molecule has 2 aromatic rings. The number of carbonyl (C=O) groups excluding carboxylic acids is 1. The van der Waals surface area contributed by atoms with Gasteiger partial charge in [0.15, 0.2) is 0 Å². The van der Waals surface area contributed by atoms with E-state index in [0.717, 1.165) is 34.9 Å². The van der Waals surface area contributed by atoms with Crippen molar-refractivity contribution in [2.24, 2.45) is 5.92 Å². The standard InChI is InChI=1S/C22H21NO3S/c24-22(25)14-7-8-20-19(10-14)17-5-2-6-18(17)21(23-20)13-3-1-4-15(9-13)26-16-11-27-12-16/h1-5,7-10,16-18,21,23H,6,11-12H2,(H,24,25)/p-1/t17-,18+,21+/m0/s1. The number of carboxylic acid groups (broad SMARTS) is 1. The maximum Gasteiger partial charge on any atom is 0.120 e. The van der Waals surface area contributed by atoms with E-state index in [1.54, 1.807) is 12.1 Å². The number of anilines is 1. The summed E-state index contributed by atoms with van der Waals surface area (Å²) in [5.41, 5.74) is 3.50. The Morgan fingerprint density at radius 2 is 2.07 bits per heavy atom. The zero-order valence-corrected chi connectivity index (χ0v) is 15.6. The lowest BCUT2D eigenvalue weighted by atomic mass is 9.76. The molecule has 4 nitrogen and oxygen atoms in total. The molecule has 0 radical (unpaired) electrons. The van der Waals surface area contributed by atoms with Crippen molar-refractivity contribution in [3.8, 4) is 5.75 Å². The van der Waals surface area contributed by atoms with Crippen LogP contribution in [0.1, 0.15) is 39.9 Å². The van der Waals surface area contributed by atoms with Crippen molar-refractivity contribution in [3.63, 3.8) is 0 Å². The molecule has 3 atom stereocenters. The minimum absolute atomic E-state index is 0.172. The molecule has 2 aliphatic heterocycles. The van der Waals surface area contributed by atoms with Gasteiger partial charge in [0, 0.05) is 23.1 Å². The summed E-state index contributed by atoms with van der Waals surface area (Å²) in [6, 6.07) is 13.8. The maximum atomic E-state index is 11.3. The Morgan fingerprint density at radius 3 is 2.85 bits per heavy atom. The minimum atomic E-state index is -1.13. The molecular weight excluding hydrogens is 358 g/mol. The van der Waals surface area contributed by atoms with Gasteiger partial charge in [0.05, 0.1) is 12.0 Å². The highest BCUT2D eigenvalue weighted by atomic mass is 32.2. The van der Waals surface area contributed by atoms with Gasteiger partial charge >= 0.3 is 0 Å². The third-order valence-electron chi connectivity index (χ3n) is 5.73. The first-order valence-corrected chi connectivity index (χ1v) is 10.5. The average Bonchev–Trinajstić information content (AvgIpc) is 3.14. The summed E-state index contributed by atoms with van der Waals surface area (Å²) < 4.78 is 6.07. The van der Waals surface area contributed by atoms with Crippen molar-refractivity contribution < 1.29 is 14.6 Å². The molecule has 5 rings (SSSR count). The molecule has 0 aromatic heterocycles. The summed E-state index contributed by atoms with van der Waals surface area (Å²) in [6.07, 6.45) is 5.72. The van der Waals surface area contributed by atoms with Crippen molar-refractivity contribution in [3.05, 3.63) is 71.3 Å². The topological polar surface area (TPSA) is 61.4 Å². The van der Waals surface area contributed by atoms with Crippen molar-refractivity contribution in [1.82, 2.24) is 0 Å². The van der Waals surface area contributed by atoms with Crippen molar-refractivity contribution in [2.75, 3.05) is 16.8 Å². The fourth-order valence-corrected chi connectivity index (χ4v) is 4.87. The maximum absolute atomic E-state index is 11.3. The van der Waals surface area contributed by atoms with E-state index >= 15 is 0 Å². The van der Waals surface area contributed by atoms with Gasteiger partial charge in [0.1, 0.15) is 11.9 Å². The second kappa shape index (κ2) is 6.64. The molecule has 2 aromatic carbocycles. The lowest BCUT2D eigenvalue weighted by Gasteiger charge is -2.38. The summed E-state index contributed by atoms with van der Waals surface area (Å²) in [4.78, 5) is 11.3. The smallest absolute Gasteiger partial charge is 0.120 e. The molecule has 0 spiro atoms. The largest absolute Gasteiger partial charge is 0.545 e. The number of thioether (sulfide) groups is 1. The van der Waals surface area contributed by atoms with Gasteiger partial charge < -0.3 is 20.0 Å². The normalized spacial score (nSPS) is 25.9. The Labute approximate surface area is 162 Å². The number of benzene rings is 2. The number of hydrogen-bond acceptors (Lipinski definition) is 5. The van der Waals surface area contributed by atoms with Crippen LogP contribution in [-0.2, 0) is 0 Å².